The van der Waals surface area contributed by atoms with Gasteiger partial charge in [-0.2, -0.15) is 5.10 Å². The van der Waals surface area contributed by atoms with Crippen molar-refractivity contribution < 1.29 is 23.0 Å². The summed E-state index contributed by atoms with van der Waals surface area (Å²) in [6.07, 6.45) is 0. The molecule has 0 radical (unpaired) electrons. The molecule has 0 saturated carbocycles. The molecule has 0 atom stereocenters. The molecule has 1 aromatic heterocycles. The average Bonchev–Trinajstić information content (AvgIpc) is 3.05. The summed E-state index contributed by atoms with van der Waals surface area (Å²) in [5.41, 5.74) is 0.905. The Bertz CT molecular complexity index is 1030. The lowest BCUT2D eigenvalue weighted by Gasteiger charge is -2.18. The lowest BCUT2D eigenvalue weighted by molar-refractivity contribution is 0.102. The van der Waals surface area contributed by atoms with Crippen LogP contribution < -0.4 is 14.8 Å². The highest BCUT2D eigenvalue weighted by atomic mass is 19.1. The fourth-order valence-corrected chi connectivity index (χ4v) is 2.84. The normalized spacial score (nSPS) is 12.7. The van der Waals surface area contributed by atoms with Crippen molar-refractivity contribution in [2.45, 2.75) is 0 Å². The van der Waals surface area contributed by atoms with E-state index in [1.54, 1.807) is 25.2 Å². The molecule has 1 amide bonds. The smallest absolute Gasteiger partial charge is 0.276 e. The van der Waals surface area contributed by atoms with Crippen LogP contribution in [0.15, 0.2) is 42.5 Å². The minimum atomic E-state index is -0.599. The summed E-state index contributed by atoms with van der Waals surface area (Å²) in [5, 5.41) is 6.81. The summed E-state index contributed by atoms with van der Waals surface area (Å²) in [4.78, 5) is 12.5. The third-order valence-corrected chi connectivity index (χ3v) is 4.12. The number of halogens is 2. The topological polar surface area (TPSA) is 65.4 Å². The van der Waals surface area contributed by atoms with E-state index in [4.69, 9.17) is 9.47 Å². The van der Waals surface area contributed by atoms with Crippen LogP contribution in [0.1, 0.15) is 10.5 Å². The number of fused-ring (bicyclic) bond motifs is 1. The first kappa shape index (κ1) is 17.0. The Morgan fingerprint density at radius 2 is 1.85 bits per heavy atom. The number of nitrogens with zero attached hydrogens (tertiary/aromatic N) is 2. The van der Waals surface area contributed by atoms with Crippen molar-refractivity contribution in [3.8, 4) is 22.8 Å². The SMILES string of the molecule is Cn1nc(C(=O)Nc2ccc3c(c2)OCCO3)cc1-c1cc(F)ccc1F. The zero-order valence-electron chi connectivity index (χ0n) is 14.3. The molecule has 27 heavy (non-hydrogen) atoms. The van der Waals surface area contributed by atoms with Gasteiger partial charge in [-0.25, -0.2) is 8.78 Å². The summed E-state index contributed by atoms with van der Waals surface area (Å²) in [5.74, 6) is -0.498. The van der Waals surface area contributed by atoms with Gasteiger partial charge in [0.2, 0.25) is 0 Å². The number of aromatic nitrogens is 2. The van der Waals surface area contributed by atoms with Gasteiger partial charge in [-0.05, 0) is 36.4 Å². The molecule has 0 bridgehead atoms. The summed E-state index contributed by atoms with van der Waals surface area (Å²) >= 11 is 0. The molecule has 3 aromatic rings. The average molecular weight is 371 g/mol. The Labute approximate surface area is 153 Å². The summed E-state index contributed by atoms with van der Waals surface area (Å²) in [7, 11) is 1.56. The number of hydrogen-bond acceptors (Lipinski definition) is 4. The van der Waals surface area contributed by atoms with Crippen molar-refractivity contribution in [1.29, 1.82) is 0 Å². The molecule has 1 N–H and O–H groups in total. The molecule has 6 nitrogen and oxygen atoms in total. The van der Waals surface area contributed by atoms with Crippen LogP contribution in [-0.4, -0.2) is 28.9 Å². The van der Waals surface area contributed by atoms with E-state index in [0.29, 0.717) is 36.1 Å². The number of rotatable bonds is 3. The molecule has 0 fully saturated rings. The Morgan fingerprint density at radius 3 is 2.67 bits per heavy atom. The van der Waals surface area contributed by atoms with Crippen molar-refractivity contribution >= 4 is 11.6 Å². The predicted octanol–water partition coefficient (Wildman–Crippen LogP) is 3.39. The van der Waals surface area contributed by atoms with Crippen molar-refractivity contribution in [2.75, 3.05) is 18.5 Å². The first-order valence-electron chi connectivity index (χ1n) is 8.22. The Kier molecular flexibility index (Phi) is 4.23. The maximum absolute atomic E-state index is 14.0. The Hall–Kier alpha value is -3.42. The second kappa shape index (κ2) is 6.71. The van der Waals surface area contributed by atoms with Crippen LogP contribution in [0.4, 0.5) is 14.5 Å². The van der Waals surface area contributed by atoms with Crippen LogP contribution in [0.5, 0.6) is 11.5 Å². The third-order valence-electron chi connectivity index (χ3n) is 4.12. The summed E-state index contributed by atoms with van der Waals surface area (Å²) in [6.45, 7) is 0.916. The predicted molar refractivity (Wildman–Crippen MR) is 93.9 cm³/mol. The molecule has 0 unspecified atom stereocenters. The number of nitrogens with one attached hydrogen (secondary N) is 1. The maximum atomic E-state index is 14.0. The van der Waals surface area contributed by atoms with Crippen LogP contribution in [0.2, 0.25) is 0 Å². The zero-order valence-corrected chi connectivity index (χ0v) is 14.3. The van der Waals surface area contributed by atoms with Gasteiger partial charge in [0, 0.05) is 24.4 Å². The van der Waals surface area contributed by atoms with Crippen molar-refractivity contribution in [1.82, 2.24) is 9.78 Å². The monoisotopic (exact) mass is 371 g/mol. The number of anilines is 1. The van der Waals surface area contributed by atoms with E-state index < -0.39 is 17.5 Å². The minimum absolute atomic E-state index is 0.0309. The van der Waals surface area contributed by atoms with Crippen molar-refractivity contribution in [3.63, 3.8) is 0 Å². The van der Waals surface area contributed by atoms with Crippen molar-refractivity contribution in [3.05, 3.63) is 59.8 Å². The highest BCUT2D eigenvalue weighted by molar-refractivity contribution is 6.03. The lowest BCUT2D eigenvalue weighted by Crippen LogP contribution is -2.16. The first-order chi connectivity index (χ1) is 13.0. The molecule has 1 aliphatic rings. The molecular formula is C19H15F2N3O3. The van der Waals surface area contributed by atoms with E-state index in [1.165, 1.54) is 10.7 Å². The fraction of sp³-hybridized carbons (Fsp3) is 0.158. The molecule has 138 valence electrons. The minimum Gasteiger partial charge on any atom is -0.486 e. The van der Waals surface area contributed by atoms with E-state index >= 15 is 0 Å². The van der Waals surface area contributed by atoms with Crippen LogP contribution in [0.25, 0.3) is 11.3 Å². The van der Waals surface area contributed by atoms with Crippen LogP contribution in [0.3, 0.4) is 0 Å². The fourth-order valence-electron chi connectivity index (χ4n) is 2.84. The number of carbonyl (C=O) groups excluding carboxylic acids is 1. The molecule has 1 aliphatic heterocycles. The number of benzene rings is 2. The highest BCUT2D eigenvalue weighted by Crippen LogP contribution is 2.33. The van der Waals surface area contributed by atoms with Gasteiger partial charge < -0.3 is 14.8 Å². The molecule has 0 saturated heterocycles. The Morgan fingerprint density at radius 1 is 1.07 bits per heavy atom. The molecule has 2 aromatic carbocycles. The van der Waals surface area contributed by atoms with Gasteiger partial charge >= 0.3 is 0 Å². The largest absolute Gasteiger partial charge is 0.486 e. The van der Waals surface area contributed by atoms with E-state index in [1.807, 2.05) is 0 Å². The molecule has 4 rings (SSSR count). The second-order valence-electron chi connectivity index (χ2n) is 5.98. The van der Waals surface area contributed by atoms with Gasteiger partial charge in [0.05, 0.1) is 5.69 Å². The quantitative estimate of drug-likeness (QED) is 0.767. The molecule has 0 aliphatic carbocycles. The zero-order chi connectivity index (χ0) is 19.0. The Balaban J connectivity index is 1.59. The summed E-state index contributed by atoms with van der Waals surface area (Å²) < 4.78 is 39.7. The first-order valence-corrected chi connectivity index (χ1v) is 8.22. The third kappa shape index (κ3) is 3.33. The molecular weight excluding hydrogens is 356 g/mol. The summed E-state index contributed by atoms with van der Waals surface area (Å²) in [6, 6.07) is 9.58. The molecule has 0 spiro atoms. The van der Waals surface area contributed by atoms with E-state index in [2.05, 4.69) is 10.4 Å². The molecule has 2 heterocycles. The van der Waals surface area contributed by atoms with Gasteiger partial charge in [-0.3, -0.25) is 9.48 Å². The standard InChI is InChI=1S/C19H15F2N3O3/c1-24-16(13-8-11(20)2-4-14(13)21)10-15(23-24)19(25)22-12-3-5-17-18(9-12)27-7-6-26-17/h2-5,8-10H,6-7H2,1H3,(H,22,25). The van der Waals surface area contributed by atoms with Gasteiger partial charge in [0.15, 0.2) is 17.2 Å². The van der Waals surface area contributed by atoms with E-state index in [9.17, 15) is 13.6 Å². The number of carbonyl (C=O) groups is 1. The van der Waals surface area contributed by atoms with E-state index in [-0.39, 0.29) is 11.3 Å². The number of aryl methyl sites for hydroxylation is 1. The van der Waals surface area contributed by atoms with Gasteiger partial charge in [0.1, 0.15) is 24.8 Å². The highest BCUT2D eigenvalue weighted by Gasteiger charge is 2.18. The van der Waals surface area contributed by atoms with Gasteiger partial charge in [-0.1, -0.05) is 0 Å². The van der Waals surface area contributed by atoms with Crippen LogP contribution in [-0.2, 0) is 7.05 Å². The van der Waals surface area contributed by atoms with E-state index in [0.717, 1.165) is 18.2 Å². The van der Waals surface area contributed by atoms with Crippen LogP contribution >= 0.6 is 0 Å². The number of hydrogen-bond donors (Lipinski definition) is 1. The van der Waals surface area contributed by atoms with Gasteiger partial charge in [0.25, 0.3) is 5.91 Å². The molecule has 8 heteroatoms. The van der Waals surface area contributed by atoms with Crippen molar-refractivity contribution in [2.24, 2.45) is 7.05 Å². The number of amides is 1. The number of ether oxygens (including phenoxy) is 2. The second-order valence-corrected chi connectivity index (χ2v) is 5.98. The lowest BCUT2D eigenvalue weighted by atomic mass is 10.1. The van der Waals surface area contributed by atoms with Gasteiger partial charge in [-0.15, -0.1) is 0 Å². The maximum Gasteiger partial charge on any atom is 0.276 e. The van der Waals surface area contributed by atoms with Crippen LogP contribution in [0, 0.1) is 11.6 Å².